The van der Waals surface area contributed by atoms with Gasteiger partial charge in [0, 0.05) is 3.57 Å². The van der Waals surface area contributed by atoms with Gasteiger partial charge in [0.15, 0.2) is 11.5 Å². The molecule has 0 aromatic heterocycles. The predicted octanol–water partition coefficient (Wildman–Crippen LogP) is 1.90. The lowest BCUT2D eigenvalue weighted by Gasteiger charge is -2.05. The second-order valence-corrected chi connectivity index (χ2v) is 6.23. The van der Waals surface area contributed by atoms with Crippen molar-refractivity contribution >= 4 is 40.6 Å². The van der Waals surface area contributed by atoms with Gasteiger partial charge in [-0.05, 0) is 58.5 Å². The average molecular weight is 451 g/mol. The summed E-state index contributed by atoms with van der Waals surface area (Å²) in [5.41, 5.74) is 3.65. The van der Waals surface area contributed by atoms with Crippen LogP contribution in [-0.2, 0) is 4.79 Å². The first kappa shape index (κ1) is 17.2. The zero-order valence-corrected chi connectivity index (χ0v) is 15.1. The molecule has 1 aliphatic heterocycles. The first-order valence-corrected chi connectivity index (χ1v) is 8.45. The van der Waals surface area contributed by atoms with E-state index in [1.54, 1.807) is 30.3 Å². The van der Waals surface area contributed by atoms with Gasteiger partial charge in [0.05, 0.1) is 18.3 Å². The molecule has 8 heteroatoms. The Hall–Kier alpha value is -2.62. The van der Waals surface area contributed by atoms with Crippen LogP contribution in [0, 0.1) is 3.57 Å². The van der Waals surface area contributed by atoms with Gasteiger partial charge in [-0.25, -0.2) is 5.43 Å². The number of nitrogens with zero attached hydrogens (tertiary/aromatic N) is 1. The molecule has 0 saturated carbocycles. The lowest BCUT2D eigenvalue weighted by molar-refractivity contribution is -0.120. The molecule has 2 aromatic carbocycles. The highest BCUT2D eigenvalue weighted by molar-refractivity contribution is 14.1. The number of hydrogen-bond acceptors (Lipinski definition) is 5. The topological polar surface area (TPSA) is 89.0 Å². The molecular weight excluding hydrogens is 437 g/mol. The van der Waals surface area contributed by atoms with Crippen LogP contribution >= 0.6 is 22.6 Å². The summed E-state index contributed by atoms with van der Waals surface area (Å²) in [4.78, 5) is 23.8. The fourth-order valence-corrected chi connectivity index (χ4v) is 2.75. The molecule has 1 heterocycles. The smallest absolute Gasteiger partial charge is 0.259 e. The molecular formula is C17H14IN3O4. The molecule has 0 bridgehead atoms. The SMILES string of the molecule is O=C(CNC(=O)c1ccccc1I)N/N=C\c1ccc2c(c1)OCO2. The monoisotopic (exact) mass is 451 g/mol. The average Bonchev–Trinajstić information content (AvgIpc) is 3.08. The number of benzene rings is 2. The number of fused-ring (bicyclic) bond motifs is 1. The third-order valence-corrected chi connectivity index (χ3v) is 4.27. The zero-order valence-electron chi connectivity index (χ0n) is 13.0. The highest BCUT2D eigenvalue weighted by Crippen LogP contribution is 2.31. The van der Waals surface area contributed by atoms with Gasteiger partial charge in [0.25, 0.3) is 11.8 Å². The van der Waals surface area contributed by atoms with Crippen molar-refractivity contribution in [2.24, 2.45) is 5.10 Å². The number of carbonyl (C=O) groups excluding carboxylic acids is 2. The van der Waals surface area contributed by atoms with Gasteiger partial charge in [0.1, 0.15) is 0 Å². The maximum Gasteiger partial charge on any atom is 0.259 e. The summed E-state index contributed by atoms with van der Waals surface area (Å²) in [5, 5.41) is 6.42. The normalized spacial score (nSPS) is 12.2. The number of carbonyl (C=O) groups is 2. The molecule has 0 fully saturated rings. The summed E-state index contributed by atoms with van der Waals surface area (Å²) in [6, 6.07) is 12.5. The Morgan fingerprint density at radius 3 is 2.80 bits per heavy atom. The second-order valence-electron chi connectivity index (χ2n) is 5.07. The molecule has 2 aromatic rings. The summed E-state index contributed by atoms with van der Waals surface area (Å²) in [6.45, 7) is 0.0367. The molecule has 3 rings (SSSR count). The minimum Gasteiger partial charge on any atom is -0.454 e. The highest BCUT2D eigenvalue weighted by Gasteiger charge is 2.13. The molecule has 7 nitrogen and oxygen atoms in total. The van der Waals surface area contributed by atoms with E-state index in [-0.39, 0.29) is 19.2 Å². The molecule has 2 amide bonds. The summed E-state index contributed by atoms with van der Waals surface area (Å²) < 4.78 is 11.3. The minimum atomic E-state index is -0.420. The van der Waals surface area contributed by atoms with Gasteiger partial charge in [-0.15, -0.1) is 0 Å². The summed E-state index contributed by atoms with van der Waals surface area (Å²) in [7, 11) is 0. The number of hydrogen-bond donors (Lipinski definition) is 2. The van der Waals surface area contributed by atoms with E-state index in [2.05, 4.69) is 38.4 Å². The van der Waals surface area contributed by atoms with Gasteiger partial charge < -0.3 is 14.8 Å². The van der Waals surface area contributed by atoms with E-state index in [0.29, 0.717) is 17.1 Å². The van der Waals surface area contributed by atoms with E-state index in [1.807, 2.05) is 12.1 Å². The van der Waals surface area contributed by atoms with E-state index in [9.17, 15) is 9.59 Å². The number of nitrogens with one attached hydrogen (secondary N) is 2. The molecule has 128 valence electrons. The summed E-state index contributed by atoms with van der Waals surface area (Å²) in [6.07, 6.45) is 1.49. The van der Waals surface area contributed by atoms with E-state index in [4.69, 9.17) is 9.47 Å². The van der Waals surface area contributed by atoms with E-state index < -0.39 is 5.91 Å². The van der Waals surface area contributed by atoms with Crippen LogP contribution in [-0.4, -0.2) is 31.4 Å². The Morgan fingerprint density at radius 1 is 1.16 bits per heavy atom. The van der Waals surface area contributed by atoms with E-state index in [0.717, 1.165) is 9.13 Å². The Labute approximate surface area is 157 Å². The molecule has 0 radical (unpaired) electrons. The van der Waals surface area contributed by atoms with Gasteiger partial charge in [-0.3, -0.25) is 9.59 Å². The predicted molar refractivity (Wildman–Crippen MR) is 99.8 cm³/mol. The Kier molecular flexibility index (Phi) is 5.49. The Balaban J connectivity index is 1.48. The van der Waals surface area contributed by atoms with E-state index in [1.165, 1.54) is 6.21 Å². The first-order chi connectivity index (χ1) is 12.1. The molecule has 25 heavy (non-hydrogen) atoms. The van der Waals surface area contributed by atoms with Crippen LogP contribution in [0.15, 0.2) is 47.6 Å². The van der Waals surface area contributed by atoms with E-state index >= 15 is 0 Å². The molecule has 2 N–H and O–H groups in total. The molecule has 1 aliphatic rings. The van der Waals surface area contributed by atoms with Crippen molar-refractivity contribution in [2.75, 3.05) is 13.3 Å². The van der Waals surface area contributed by atoms with Crippen LogP contribution in [0.1, 0.15) is 15.9 Å². The molecule has 0 atom stereocenters. The van der Waals surface area contributed by atoms with Crippen LogP contribution in [0.4, 0.5) is 0 Å². The zero-order chi connectivity index (χ0) is 17.6. The maximum absolute atomic E-state index is 12.0. The number of halogens is 1. The van der Waals surface area contributed by atoms with Gasteiger partial charge in [0.2, 0.25) is 6.79 Å². The molecule has 0 saturated heterocycles. The number of amides is 2. The molecule has 0 unspecified atom stereocenters. The third-order valence-electron chi connectivity index (χ3n) is 3.33. The Bertz CT molecular complexity index is 838. The van der Waals surface area contributed by atoms with Crippen LogP contribution in [0.5, 0.6) is 11.5 Å². The number of hydrazone groups is 1. The first-order valence-electron chi connectivity index (χ1n) is 7.38. The largest absolute Gasteiger partial charge is 0.454 e. The van der Waals surface area contributed by atoms with Crippen molar-refractivity contribution in [1.82, 2.24) is 10.7 Å². The number of ether oxygens (including phenoxy) is 2. The maximum atomic E-state index is 12.0. The van der Waals surface area contributed by atoms with Crippen molar-refractivity contribution < 1.29 is 19.1 Å². The van der Waals surface area contributed by atoms with Crippen molar-refractivity contribution in [2.45, 2.75) is 0 Å². The van der Waals surface area contributed by atoms with Gasteiger partial charge >= 0.3 is 0 Å². The van der Waals surface area contributed by atoms with Crippen LogP contribution in [0.25, 0.3) is 0 Å². The summed E-state index contributed by atoms with van der Waals surface area (Å²) in [5.74, 6) is 0.593. The highest BCUT2D eigenvalue weighted by atomic mass is 127. The number of rotatable bonds is 5. The quantitative estimate of drug-likeness (QED) is 0.413. The lowest BCUT2D eigenvalue weighted by Crippen LogP contribution is -2.35. The van der Waals surface area contributed by atoms with Crippen LogP contribution < -0.4 is 20.2 Å². The van der Waals surface area contributed by atoms with Crippen molar-refractivity contribution in [3.05, 3.63) is 57.2 Å². The fourth-order valence-electron chi connectivity index (χ4n) is 2.11. The van der Waals surface area contributed by atoms with Crippen molar-refractivity contribution in [3.63, 3.8) is 0 Å². The van der Waals surface area contributed by atoms with Crippen LogP contribution in [0.3, 0.4) is 0 Å². The van der Waals surface area contributed by atoms with Crippen molar-refractivity contribution in [1.29, 1.82) is 0 Å². The fraction of sp³-hybridized carbons (Fsp3) is 0.118. The van der Waals surface area contributed by atoms with Crippen LogP contribution in [0.2, 0.25) is 0 Å². The molecule has 0 aliphatic carbocycles. The second kappa shape index (κ2) is 7.97. The van der Waals surface area contributed by atoms with Crippen molar-refractivity contribution in [3.8, 4) is 11.5 Å². The molecule has 0 spiro atoms. The van der Waals surface area contributed by atoms with Gasteiger partial charge in [-0.2, -0.15) is 5.10 Å². The summed E-state index contributed by atoms with van der Waals surface area (Å²) >= 11 is 2.07. The lowest BCUT2D eigenvalue weighted by atomic mass is 10.2. The minimum absolute atomic E-state index is 0.164. The standard InChI is InChI=1S/C17H14IN3O4/c18-13-4-2-1-3-12(13)17(23)19-9-16(22)21-20-8-11-5-6-14-15(7-11)25-10-24-14/h1-8H,9-10H2,(H,19,23)(H,21,22)/b20-8-. The third kappa shape index (κ3) is 4.47. The van der Waals surface area contributed by atoms with Gasteiger partial charge in [-0.1, -0.05) is 12.1 Å². The Morgan fingerprint density at radius 2 is 1.96 bits per heavy atom.